The quantitative estimate of drug-likeness (QED) is 0.205. The van der Waals surface area contributed by atoms with Crippen LogP contribution in [0.4, 0.5) is 0 Å². The lowest BCUT2D eigenvalue weighted by Gasteiger charge is -2.34. The van der Waals surface area contributed by atoms with Crippen LogP contribution >= 0.6 is 15.9 Å². The summed E-state index contributed by atoms with van der Waals surface area (Å²) in [5.74, 6) is 2.20. The van der Waals surface area contributed by atoms with Gasteiger partial charge in [0, 0.05) is 18.7 Å². The zero-order chi connectivity index (χ0) is 24.7. The Bertz CT molecular complexity index is 1030. The molecule has 3 aromatic carbocycles. The lowest BCUT2D eigenvalue weighted by atomic mass is 10.2. The maximum atomic E-state index is 6.42. The van der Waals surface area contributed by atoms with Gasteiger partial charge in [-0.1, -0.05) is 84.9 Å². The minimum Gasteiger partial charge on any atom is -0.493 e. The van der Waals surface area contributed by atoms with Crippen molar-refractivity contribution < 1.29 is 18.9 Å². The molecular formula is C29H35BrO4Si. The molecule has 1 aliphatic rings. The van der Waals surface area contributed by atoms with E-state index in [2.05, 4.69) is 90.4 Å². The monoisotopic (exact) mass is 554 g/mol. The number of hydrogen-bond donors (Lipinski definition) is 0. The van der Waals surface area contributed by atoms with Gasteiger partial charge in [-0.2, -0.15) is 0 Å². The second-order valence-electron chi connectivity index (χ2n) is 9.93. The lowest BCUT2D eigenvalue weighted by Crippen LogP contribution is -2.51. The second-order valence-corrected chi connectivity index (χ2v) is 14.5. The normalized spacial score (nSPS) is 13.7. The first-order valence-electron chi connectivity index (χ1n) is 12.2. The maximum absolute atomic E-state index is 6.42. The molecule has 4 rings (SSSR count). The van der Waals surface area contributed by atoms with Gasteiger partial charge in [0.05, 0.1) is 24.3 Å². The van der Waals surface area contributed by atoms with Crippen molar-refractivity contribution in [1.82, 2.24) is 0 Å². The molecule has 4 nitrogen and oxygen atoms in total. The summed E-state index contributed by atoms with van der Waals surface area (Å²) >= 11 is 3.63. The standard InChI is InChI=1S/C29H35BrO4Si/c1-29(2,35(24-10-6-4-7-11-24)25-12-8-5-9-13-25)20-32-19-23-16-26(30)28(34-21-31-3)17-27(23)33-18-22-14-15-22/h4-13,16-17,22,35H,14-15,18-21H2,1-3H3. The van der Waals surface area contributed by atoms with E-state index < -0.39 is 8.80 Å². The third-order valence-electron chi connectivity index (χ3n) is 6.40. The summed E-state index contributed by atoms with van der Waals surface area (Å²) in [5, 5.41) is 2.88. The third kappa shape index (κ3) is 7.20. The van der Waals surface area contributed by atoms with Crippen LogP contribution in [-0.2, 0) is 16.1 Å². The Balaban J connectivity index is 1.50. The van der Waals surface area contributed by atoms with Crippen LogP contribution in [0.5, 0.6) is 11.5 Å². The second kappa shape index (κ2) is 12.2. The molecule has 186 valence electrons. The van der Waals surface area contributed by atoms with E-state index in [1.54, 1.807) is 7.11 Å². The first kappa shape index (κ1) is 26.0. The van der Waals surface area contributed by atoms with Crippen LogP contribution in [-0.4, -0.2) is 35.9 Å². The van der Waals surface area contributed by atoms with E-state index in [1.807, 2.05) is 12.1 Å². The van der Waals surface area contributed by atoms with E-state index in [-0.39, 0.29) is 11.8 Å². The molecule has 35 heavy (non-hydrogen) atoms. The van der Waals surface area contributed by atoms with Crippen LogP contribution in [0.3, 0.4) is 0 Å². The Morgan fingerprint density at radius 2 is 1.51 bits per heavy atom. The van der Waals surface area contributed by atoms with Gasteiger partial charge in [-0.25, -0.2) is 0 Å². The number of hydrogen-bond acceptors (Lipinski definition) is 4. The van der Waals surface area contributed by atoms with Crippen molar-refractivity contribution in [3.63, 3.8) is 0 Å². The summed E-state index contributed by atoms with van der Waals surface area (Å²) < 4.78 is 24.3. The Kier molecular flexibility index (Phi) is 9.06. The smallest absolute Gasteiger partial charge is 0.188 e. The largest absolute Gasteiger partial charge is 0.493 e. The van der Waals surface area contributed by atoms with Gasteiger partial charge >= 0.3 is 0 Å². The molecule has 0 unspecified atom stereocenters. The van der Waals surface area contributed by atoms with Crippen molar-refractivity contribution >= 4 is 35.1 Å². The van der Waals surface area contributed by atoms with E-state index in [1.165, 1.54) is 23.2 Å². The molecule has 0 N–H and O–H groups in total. The molecule has 0 saturated heterocycles. The Morgan fingerprint density at radius 3 is 2.09 bits per heavy atom. The van der Waals surface area contributed by atoms with E-state index >= 15 is 0 Å². The molecular weight excluding hydrogens is 520 g/mol. The zero-order valence-electron chi connectivity index (χ0n) is 20.8. The van der Waals surface area contributed by atoms with Crippen LogP contribution in [0.15, 0.2) is 77.3 Å². The highest BCUT2D eigenvalue weighted by Gasteiger charge is 2.34. The maximum Gasteiger partial charge on any atom is 0.188 e. The van der Waals surface area contributed by atoms with Gasteiger partial charge in [-0.05, 0) is 45.8 Å². The first-order valence-corrected chi connectivity index (χ1v) is 14.7. The van der Waals surface area contributed by atoms with Gasteiger partial charge < -0.3 is 18.9 Å². The summed E-state index contributed by atoms with van der Waals surface area (Å²) in [6.45, 7) is 6.75. The molecule has 0 radical (unpaired) electrons. The fourth-order valence-electron chi connectivity index (χ4n) is 4.44. The van der Waals surface area contributed by atoms with Gasteiger partial charge in [-0.3, -0.25) is 0 Å². The molecule has 6 heteroatoms. The fraction of sp³-hybridized carbons (Fsp3) is 0.379. The van der Waals surface area contributed by atoms with Crippen molar-refractivity contribution in [2.45, 2.75) is 38.3 Å². The molecule has 1 aliphatic carbocycles. The van der Waals surface area contributed by atoms with Gasteiger partial charge in [-0.15, -0.1) is 0 Å². The predicted octanol–water partition coefficient (Wildman–Crippen LogP) is 5.56. The minimum atomic E-state index is -1.55. The van der Waals surface area contributed by atoms with Crippen LogP contribution < -0.4 is 19.8 Å². The van der Waals surface area contributed by atoms with Gasteiger partial charge in [0.1, 0.15) is 20.3 Å². The van der Waals surface area contributed by atoms with E-state index in [0.29, 0.717) is 24.9 Å². The van der Waals surface area contributed by atoms with Gasteiger partial charge in [0.25, 0.3) is 0 Å². The molecule has 1 saturated carbocycles. The highest BCUT2D eigenvalue weighted by atomic mass is 79.9. The van der Waals surface area contributed by atoms with Crippen LogP contribution in [0.1, 0.15) is 32.3 Å². The highest BCUT2D eigenvalue weighted by Crippen LogP contribution is 2.37. The number of rotatable bonds is 13. The SMILES string of the molecule is COCOc1cc(OCC2CC2)c(COCC(C)(C)[SiH](c2ccccc2)c2ccccc2)cc1Br. The topological polar surface area (TPSA) is 36.9 Å². The third-order valence-corrected chi connectivity index (χ3v) is 10.9. The number of ether oxygens (including phenoxy) is 4. The molecule has 0 atom stereocenters. The number of halogens is 1. The van der Waals surface area contributed by atoms with Gasteiger partial charge in [0.15, 0.2) is 6.79 Å². The lowest BCUT2D eigenvalue weighted by molar-refractivity contribution is 0.0502. The van der Waals surface area contributed by atoms with Crippen LogP contribution in [0.2, 0.25) is 5.04 Å². The van der Waals surface area contributed by atoms with E-state index in [9.17, 15) is 0 Å². The van der Waals surface area contributed by atoms with E-state index in [0.717, 1.165) is 22.4 Å². The Morgan fingerprint density at radius 1 is 0.886 bits per heavy atom. The molecule has 0 amide bonds. The van der Waals surface area contributed by atoms with Crippen LogP contribution in [0.25, 0.3) is 0 Å². The molecule has 0 aliphatic heterocycles. The van der Waals surface area contributed by atoms with Crippen molar-refractivity contribution in [2.24, 2.45) is 5.92 Å². The molecule has 0 heterocycles. The van der Waals surface area contributed by atoms with Crippen molar-refractivity contribution in [2.75, 3.05) is 27.1 Å². The van der Waals surface area contributed by atoms with E-state index in [4.69, 9.17) is 18.9 Å². The molecule has 0 aromatic heterocycles. The molecule has 0 bridgehead atoms. The molecule has 3 aromatic rings. The average Bonchev–Trinajstić information content (AvgIpc) is 3.68. The highest BCUT2D eigenvalue weighted by molar-refractivity contribution is 9.10. The minimum absolute atomic E-state index is 0.0104. The average molecular weight is 556 g/mol. The zero-order valence-corrected chi connectivity index (χ0v) is 23.6. The first-order chi connectivity index (χ1) is 17.0. The summed E-state index contributed by atoms with van der Waals surface area (Å²) in [6, 6.07) is 25.8. The Labute approximate surface area is 219 Å². The predicted molar refractivity (Wildman–Crippen MR) is 148 cm³/mol. The number of benzene rings is 3. The molecule has 0 spiro atoms. The van der Waals surface area contributed by atoms with Crippen molar-refractivity contribution in [1.29, 1.82) is 0 Å². The summed E-state index contributed by atoms with van der Waals surface area (Å²) in [4.78, 5) is 0. The summed E-state index contributed by atoms with van der Waals surface area (Å²) in [7, 11) is 0.0684. The fourth-order valence-corrected chi connectivity index (χ4v) is 8.64. The Hall–Kier alpha value is -2.12. The van der Waals surface area contributed by atoms with Gasteiger partial charge in [0.2, 0.25) is 0 Å². The summed E-state index contributed by atoms with van der Waals surface area (Å²) in [5.41, 5.74) is 1.02. The van der Waals surface area contributed by atoms with Crippen molar-refractivity contribution in [3.05, 3.63) is 82.8 Å². The number of methoxy groups -OCH3 is 1. The summed E-state index contributed by atoms with van der Waals surface area (Å²) in [6.07, 6.45) is 2.49. The molecule has 1 fully saturated rings. The van der Waals surface area contributed by atoms with Crippen LogP contribution in [0, 0.1) is 5.92 Å². The van der Waals surface area contributed by atoms with Crippen molar-refractivity contribution in [3.8, 4) is 11.5 Å².